The predicted molar refractivity (Wildman–Crippen MR) is 84.1 cm³/mol. The van der Waals surface area contributed by atoms with Crippen molar-refractivity contribution in [2.45, 2.75) is 39.7 Å². The van der Waals surface area contributed by atoms with Crippen molar-refractivity contribution >= 4 is 17.3 Å². The Kier molecular flexibility index (Phi) is 4.65. The molecule has 1 amide bonds. The number of benzene rings is 1. The van der Waals surface area contributed by atoms with Crippen LogP contribution in [0.15, 0.2) is 18.2 Å². The van der Waals surface area contributed by atoms with Gasteiger partial charge in [-0.1, -0.05) is 6.92 Å². The van der Waals surface area contributed by atoms with Crippen LogP contribution in [0.5, 0.6) is 0 Å². The Morgan fingerprint density at radius 1 is 1.30 bits per heavy atom. The highest BCUT2D eigenvalue weighted by Crippen LogP contribution is 2.25. The molecule has 2 unspecified atom stereocenters. The minimum atomic E-state index is -0.187. The SMILES string of the molecule is Cc1cc(N2CCCC2)ccc1NC(=O)C(C)C(C)N. The minimum absolute atomic E-state index is 0.0166. The maximum atomic E-state index is 12.0. The second-order valence-corrected chi connectivity index (χ2v) is 5.83. The maximum Gasteiger partial charge on any atom is 0.228 e. The van der Waals surface area contributed by atoms with Gasteiger partial charge >= 0.3 is 0 Å². The van der Waals surface area contributed by atoms with Crippen LogP contribution >= 0.6 is 0 Å². The highest BCUT2D eigenvalue weighted by Gasteiger charge is 2.18. The lowest BCUT2D eigenvalue weighted by molar-refractivity contribution is -0.119. The van der Waals surface area contributed by atoms with Crippen molar-refractivity contribution < 1.29 is 4.79 Å². The van der Waals surface area contributed by atoms with Crippen LogP contribution in [-0.2, 0) is 4.79 Å². The molecule has 2 atom stereocenters. The lowest BCUT2D eigenvalue weighted by Crippen LogP contribution is -2.34. The number of amides is 1. The summed E-state index contributed by atoms with van der Waals surface area (Å²) < 4.78 is 0. The van der Waals surface area contributed by atoms with Gasteiger partial charge in [-0.05, 0) is 50.5 Å². The van der Waals surface area contributed by atoms with E-state index in [-0.39, 0.29) is 17.9 Å². The number of hydrogen-bond acceptors (Lipinski definition) is 3. The number of rotatable bonds is 4. The lowest BCUT2D eigenvalue weighted by Gasteiger charge is -2.20. The van der Waals surface area contributed by atoms with Crippen molar-refractivity contribution in [3.63, 3.8) is 0 Å². The summed E-state index contributed by atoms with van der Waals surface area (Å²) >= 11 is 0. The van der Waals surface area contributed by atoms with Crippen LogP contribution < -0.4 is 16.0 Å². The van der Waals surface area contributed by atoms with Crippen molar-refractivity contribution in [2.24, 2.45) is 11.7 Å². The number of anilines is 2. The van der Waals surface area contributed by atoms with Gasteiger partial charge in [0.05, 0.1) is 5.92 Å². The van der Waals surface area contributed by atoms with Gasteiger partial charge < -0.3 is 16.0 Å². The molecule has 20 heavy (non-hydrogen) atoms. The molecule has 1 aliphatic rings. The number of hydrogen-bond donors (Lipinski definition) is 2. The van der Waals surface area contributed by atoms with E-state index in [0.29, 0.717) is 0 Å². The molecule has 0 bridgehead atoms. The van der Waals surface area contributed by atoms with Crippen LogP contribution in [0.3, 0.4) is 0 Å². The van der Waals surface area contributed by atoms with Gasteiger partial charge in [0, 0.05) is 30.5 Å². The normalized spacial score (nSPS) is 17.9. The monoisotopic (exact) mass is 275 g/mol. The molecular formula is C16H25N3O. The first-order valence-corrected chi connectivity index (χ1v) is 7.41. The Labute approximate surface area is 121 Å². The van der Waals surface area contributed by atoms with Gasteiger partial charge in [-0.3, -0.25) is 4.79 Å². The second kappa shape index (κ2) is 6.27. The number of carbonyl (C=O) groups is 1. The Morgan fingerprint density at radius 2 is 1.95 bits per heavy atom. The van der Waals surface area contributed by atoms with Crippen molar-refractivity contribution in [3.05, 3.63) is 23.8 Å². The van der Waals surface area contributed by atoms with Gasteiger partial charge in [0.25, 0.3) is 0 Å². The molecule has 0 radical (unpaired) electrons. The van der Waals surface area contributed by atoms with Crippen LogP contribution in [0.4, 0.5) is 11.4 Å². The molecule has 4 heteroatoms. The lowest BCUT2D eigenvalue weighted by atomic mass is 10.0. The summed E-state index contributed by atoms with van der Waals surface area (Å²) in [6.07, 6.45) is 2.53. The van der Waals surface area contributed by atoms with E-state index in [9.17, 15) is 4.79 Å². The van der Waals surface area contributed by atoms with Crippen LogP contribution in [0.1, 0.15) is 32.3 Å². The van der Waals surface area contributed by atoms with E-state index >= 15 is 0 Å². The smallest absolute Gasteiger partial charge is 0.228 e. The molecule has 3 N–H and O–H groups in total. The average molecular weight is 275 g/mol. The van der Waals surface area contributed by atoms with Gasteiger partial charge in [0.2, 0.25) is 5.91 Å². The van der Waals surface area contributed by atoms with Crippen LogP contribution in [0.2, 0.25) is 0 Å². The topological polar surface area (TPSA) is 58.4 Å². The third-order valence-electron chi connectivity index (χ3n) is 4.14. The molecule has 4 nitrogen and oxygen atoms in total. The van der Waals surface area contributed by atoms with E-state index in [4.69, 9.17) is 5.73 Å². The Hall–Kier alpha value is -1.55. The third kappa shape index (κ3) is 3.31. The highest BCUT2D eigenvalue weighted by molar-refractivity contribution is 5.93. The van der Waals surface area contributed by atoms with Crippen molar-refractivity contribution in [2.75, 3.05) is 23.3 Å². The summed E-state index contributed by atoms with van der Waals surface area (Å²) in [5.74, 6) is -0.204. The molecule has 1 fully saturated rings. The Bertz CT molecular complexity index is 479. The average Bonchev–Trinajstić information content (AvgIpc) is 2.93. The summed E-state index contributed by atoms with van der Waals surface area (Å²) in [6.45, 7) is 8.01. The van der Waals surface area contributed by atoms with E-state index in [1.807, 2.05) is 26.8 Å². The summed E-state index contributed by atoms with van der Waals surface area (Å²) in [6, 6.07) is 6.09. The van der Waals surface area contributed by atoms with Crippen LogP contribution in [0.25, 0.3) is 0 Å². The van der Waals surface area contributed by atoms with E-state index in [1.165, 1.54) is 18.5 Å². The fourth-order valence-electron chi connectivity index (χ4n) is 2.45. The Balaban J connectivity index is 2.08. The van der Waals surface area contributed by atoms with Gasteiger partial charge in [0.15, 0.2) is 0 Å². The second-order valence-electron chi connectivity index (χ2n) is 5.83. The largest absolute Gasteiger partial charge is 0.372 e. The summed E-state index contributed by atoms with van der Waals surface area (Å²) in [7, 11) is 0. The molecule has 1 saturated heterocycles. The first-order valence-electron chi connectivity index (χ1n) is 7.41. The van der Waals surface area contributed by atoms with E-state index < -0.39 is 0 Å². The first-order chi connectivity index (χ1) is 9.49. The van der Waals surface area contributed by atoms with Crippen LogP contribution in [0, 0.1) is 12.8 Å². The van der Waals surface area contributed by atoms with E-state index in [1.54, 1.807) is 0 Å². The molecule has 1 aliphatic heterocycles. The third-order valence-corrected chi connectivity index (χ3v) is 4.14. The fraction of sp³-hybridized carbons (Fsp3) is 0.562. The first kappa shape index (κ1) is 14.9. The zero-order valence-corrected chi connectivity index (χ0v) is 12.6. The van der Waals surface area contributed by atoms with Crippen molar-refractivity contribution in [3.8, 4) is 0 Å². The molecule has 0 aliphatic carbocycles. The summed E-state index contributed by atoms with van der Waals surface area (Å²) in [5, 5.41) is 2.97. The van der Waals surface area contributed by atoms with Gasteiger partial charge in [-0.15, -0.1) is 0 Å². The summed E-state index contributed by atoms with van der Waals surface area (Å²) in [4.78, 5) is 14.4. The van der Waals surface area contributed by atoms with Crippen LogP contribution in [-0.4, -0.2) is 25.0 Å². The standard InChI is InChI=1S/C16H25N3O/c1-11-10-14(19-8-4-5-9-19)6-7-15(11)18-16(20)12(2)13(3)17/h6-7,10,12-13H,4-5,8-9,17H2,1-3H3,(H,18,20). The van der Waals surface area contributed by atoms with Gasteiger partial charge in [0.1, 0.15) is 0 Å². The Morgan fingerprint density at radius 3 is 2.50 bits per heavy atom. The summed E-state index contributed by atoms with van der Waals surface area (Å²) in [5.41, 5.74) is 8.99. The fourth-order valence-corrected chi connectivity index (χ4v) is 2.45. The van der Waals surface area contributed by atoms with Crippen molar-refractivity contribution in [1.29, 1.82) is 0 Å². The molecule has 1 aromatic carbocycles. The minimum Gasteiger partial charge on any atom is -0.372 e. The number of nitrogens with two attached hydrogens (primary N) is 1. The zero-order chi connectivity index (χ0) is 14.7. The number of nitrogens with zero attached hydrogens (tertiary/aromatic N) is 1. The van der Waals surface area contributed by atoms with E-state index in [0.717, 1.165) is 24.3 Å². The predicted octanol–water partition coefficient (Wildman–Crippen LogP) is 2.52. The molecule has 0 spiro atoms. The zero-order valence-electron chi connectivity index (χ0n) is 12.6. The molecule has 1 heterocycles. The quantitative estimate of drug-likeness (QED) is 0.887. The number of aryl methyl sites for hydroxylation is 1. The molecule has 110 valence electrons. The number of nitrogens with one attached hydrogen (secondary N) is 1. The van der Waals surface area contributed by atoms with Gasteiger partial charge in [-0.2, -0.15) is 0 Å². The van der Waals surface area contributed by atoms with E-state index in [2.05, 4.69) is 22.3 Å². The molecule has 0 aromatic heterocycles. The number of carbonyl (C=O) groups excluding carboxylic acids is 1. The van der Waals surface area contributed by atoms with Crippen molar-refractivity contribution in [1.82, 2.24) is 0 Å². The van der Waals surface area contributed by atoms with Gasteiger partial charge in [-0.25, -0.2) is 0 Å². The molecule has 2 rings (SSSR count). The molecule has 1 aromatic rings. The highest BCUT2D eigenvalue weighted by atomic mass is 16.1. The maximum absolute atomic E-state index is 12.0. The molecule has 0 saturated carbocycles. The molecular weight excluding hydrogens is 250 g/mol.